The largest absolute Gasteiger partial charge is 0.343 e. The predicted octanol–water partition coefficient (Wildman–Crippen LogP) is 4.35. The minimum Gasteiger partial charge on any atom is -0.343 e. The number of ketones is 1. The van der Waals surface area contributed by atoms with Gasteiger partial charge in [0.1, 0.15) is 10.5 Å². The monoisotopic (exact) mass is 306 g/mol. The Morgan fingerprint density at radius 1 is 1.00 bits per heavy atom. The molecule has 0 radical (unpaired) electrons. The molecule has 0 aliphatic rings. The number of benzene rings is 2. The molecule has 0 unspecified atom stereocenters. The molecule has 3 rings (SSSR count). The lowest BCUT2D eigenvalue weighted by Crippen LogP contribution is -2.08. The maximum Gasteiger partial charge on any atom is 0.197 e. The van der Waals surface area contributed by atoms with Crippen LogP contribution in [0.15, 0.2) is 60.7 Å². The maximum atomic E-state index is 12.6. The van der Waals surface area contributed by atoms with Gasteiger partial charge in [-0.15, -0.1) is 0 Å². The van der Waals surface area contributed by atoms with Gasteiger partial charge in [0.25, 0.3) is 0 Å². The van der Waals surface area contributed by atoms with Crippen molar-refractivity contribution in [3.63, 3.8) is 0 Å². The van der Waals surface area contributed by atoms with Crippen molar-refractivity contribution in [2.24, 2.45) is 0 Å². The summed E-state index contributed by atoms with van der Waals surface area (Å²) in [6.07, 6.45) is 0. The normalized spacial score (nSPS) is 10.4. The van der Waals surface area contributed by atoms with Gasteiger partial charge in [-0.05, 0) is 6.92 Å². The van der Waals surface area contributed by atoms with Crippen molar-refractivity contribution in [2.75, 3.05) is 0 Å². The quantitative estimate of drug-likeness (QED) is 0.578. The molecule has 0 spiro atoms. The average Bonchev–Trinajstić information content (AvgIpc) is 2.55. The van der Waals surface area contributed by atoms with Crippen LogP contribution in [0.25, 0.3) is 11.4 Å². The molecule has 0 fully saturated rings. The molecule has 1 aromatic heterocycles. The first-order chi connectivity index (χ1) is 10.7. The van der Waals surface area contributed by atoms with E-state index in [1.54, 1.807) is 12.1 Å². The van der Waals surface area contributed by atoms with Crippen molar-refractivity contribution in [2.45, 2.75) is 6.92 Å². The Hall–Kier alpha value is -2.59. The number of carbonyl (C=O) groups excluding carboxylic acids is 1. The third-order valence-corrected chi connectivity index (χ3v) is 3.71. The SMILES string of the molecule is Cc1[nH]c(-c2ccccc2)nc(=S)c1C(=O)c1ccccc1. The third kappa shape index (κ3) is 2.73. The number of aromatic nitrogens is 2. The molecule has 3 nitrogen and oxygen atoms in total. The first kappa shape index (κ1) is 14.4. The number of hydrogen-bond acceptors (Lipinski definition) is 3. The molecule has 2 aromatic carbocycles. The minimum atomic E-state index is -0.105. The first-order valence-electron chi connectivity index (χ1n) is 6.93. The van der Waals surface area contributed by atoms with Gasteiger partial charge < -0.3 is 4.98 Å². The highest BCUT2D eigenvalue weighted by molar-refractivity contribution is 7.71. The van der Waals surface area contributed by atoms with Crippen LogP contribution in [0.2, 0.25) is 0 Å². The summed E-state index contributed by atoms with van der Waals surface area (Å²) in [7, 11) is 0. The van der Waals surface area contributed by atoms with E-state index in [-0.39, 0.29) is 5.78 Å². The second-order valence-corrected chi connectivity index (χ2v) is 5.34. The molecule has 4 heteroatoms. The molecule has 0 aliphatic heterocycles. The fourth-order valence-corrected chi connectivity index (χ4v) is 2.66. The molecule has 0 bridgehead atoms. The van der Waals surface area contributed by atoms with E-state index in [1.807, 2.05) is 55.5 Å². The highest BCUT2D eigenvalue weighted by atomic mass is 32.1. The fourth-order valence-electron chi connectivity index (χ4n) is 2.32. The van der Waals surface area contributed by atoms with Crippen LogP contribution in [0.5, 0.6) is 0 Å². The molecule has 0 aliphatic carbocycles. The Morgan fingerprint density at radius 2 is 1.59 bits per heavy atom. The van der Waals surface area contributed by atoms with E-state index >= 15 is 0 Å². The van der Waals surface area contributed by atoms with Gasteiger partial charge in [0.2, 0.25) is 0 Å². The number of nitrogens with zero attached hydrogens (tertiary/aromatic N) is 1. The maximum absolute atomic E-state index is 12.6. The number of H-pyrrole nitrogens is 1. The van der Waals surface area contributed by atoms with E-state index in [0.29, 0.717) is 21.6 Å². The van der Waals surface area contributed by atoms with E-state index < -0.39 is 0 Å². The Balaban J connectivity index is 2.08. The zero-order valence-electron chi connectivity index (χ0n) is 12.0. The molecular formula is C18H14N2OS. The zero-order valence-corrected chi connectivity index (χ0v) is 12.9. The molecule has 0 amide bonds. The first-order valence-corrected chi connectivity index (χ1v) is 7.34. The van der Waals surface area contributed by atoms with Crippen molar-refractivity contribution in [1.29, 1.82) is 0 Å². The Morgan fingerprint density at radius 3 is 2.18 bits per heavy atom. The molecule has 1 N–H and O–H groups in total. The van der Waals surface area contributed by atoms with E-state index in [1.165, 1.54) is 0 Å². The van der Waals surface area contributed by atoms with Gasteiger partial charge in [-0.2, -0.15) is 0 Å². The van der Waals surface area contributed by atoms with Crippen molar-refractivity contribution >= 4 is 18.0 Å². The van der Waals surface area contributed by atoms with Crippen LogP contribution >= 0.6 is 12.2 Å². The predicted molar refractivity (Wildman–Crippen MR) is 89.5 cm³/mol. The summed E-state index contributed by atoms with van der Waals surface area (Å²) in [5, 5.41) is 0. The average molecular weight is 306 g/mol. The number of nitrogens with one attached hydrogen (secondary N) is 1. The fraction of sp³-hybridized carbons (Fsp3) is 0.0556. The van der Waals surface area contributed by atoms with E-state index in [2.05, 4.69) is 9.97 Å². The van der Waals surface area contributed by atoms with Gasteiger partial charge in [0.15, 0.2) is 5.78 Å². The van der Waals surface area contributed by atoms with Crippen molar-refractivity contribution in [3.05, 3.63) is 82.1 Å². The van der Waals surface area contributed by atoms with Crippen LogP contribution in [0, 0.1) is 11.6 Å². The van der Waals surface area contributed by atoms with E-state index in [0.717, 1.165) is 11.3 Å². The Kier molecular flexibility index (Phi) is 3.94. The second-order valence-electron chi connectivity index (χ2n) is 4.95. The minimum absolute atomic E-state index is 0.105. The highest BCUT2D eigenvalue weighted by Gasteiger charge is 2.16. The number of aryl methyl sites for hydroxylation is 1. The molecule has 22 heavy (non-hydrogen) atoms. The van der Waals surface area contributed by atoms with Crippen LogP contribution in [0.1, 0.15) is 21.6 Å². The number of aromatic amines is 1. The van der Waals surface area contributed by atoms with Gasteiger partial charge in [0, 0.05) is 16.8 Å². The lowest BCUT2D eigenvalue weighted by molar-refractivity contribution is 0.103. The van der Waals surface area contributed by atoms with Crippen molar-refractivity contribution in [1.82, 2.24) is 9.97 Å². The molecule has 3 aromatic rings. The summed E-state index contributed by atoms with van der Waals surface area (Å²) < 4.78 is 0.323. The van der Waals surface area contributed by atoms with Gasteiger partial charge in [-0.25, -0.2) is 4.98 Å². The van der Waals surface area contributed by atoms with Crippen LogP contribution in [0.4, 0.5) is 0 Å². The second kappa shape index (κ2) is 6.03. The molecule has 0 saturated carbocycles. The standard InChI is InChI=1S/C18H14N2OS/c1-12-15(16(21)13-8-4-2-5-9-13)18(22)20-17(19-12)14-10-6-3-7-11-14/h2-11H,1H3,(H,19,20,22). The van der Waals surface area contributed by atoms with Gasteiger partial charge in [-0.3, -0.25) is 4.79 Å². The number of hydrogen-bond donors (Lipinski definition) is 1. The smallest absolute Gasteiger partial charge is 0.197 e. The topological polar surface area (TPSA) is 45.8 Å². The van der Waals surface area contributed by atoms with Gasteiger partial charge in [-0.1, -0.05) is 72.9 Å². The summed E-state index contributed by atoms with van der Waals surface area (Å²) in [5.74, 6) is 0.569. The van der Waals surface area contributed by atoms with Crippen LogP contribution in [-0.4, -0.2) is 15.8 Å². The summed E-state index contributed by atoms with van der Waals surface area (Å²) in [6, 6.07) is 18.8. The zero-order chi connectivity index (χ0) is 15.5. The summed E-state index contributed by atoms with van der Waals surface area (Å²) in [4.78, 5) is 20.2. The molecule has 108 valence electrons. The lowest BCUT2D eigenvalue weighted by Gasteiger charge is -2.08. The summed E-state index contributed by atoms with van der Waals surface area (Å²) >= 11 is 5.35. The van der Waals surface area contributed by atoms with E-state index in [9.17, 15) is 4.79 Å². The lowest BCUT2D eigenvalue weighted by atomic mass is 10.0. The van der Waals surface area contributed by atoms with Gasteiger partial charge >= 0.3 is 0 Å². The Bertz CT molecular complexity index is 871. The summed E-state index contributed by atoms with van der Waals surface area (Å²) in [5.41, 5.74) is 2.74. The van der Waals surface area contributed by atoms with Crippen LogP contribution < -0.4 is 0 Å². The van der Waals surface area contributed by atoms with Crippen molar-refractivity contribution in [3.8, 4) is 11.4 Å². The summed E-state index contributed by atoms with van der Waals surface area (Å²) in [6.45, 7) is 1.85. The third-order valence-electron chi connectivity index (χ3n) is 3.42. The highest BCUT2D eigenvalue weighted by Crippen LogP contribution is 2.19. The molecular weight excluding hydrogens is 292 g/mol. The molecule has 1 heterocycles. The number of carbonyl (C=O) groups is 1. The Labute approximate surface area is 133 Å². The molecule has 0 saturated heterocycles. The molecule has 0 atom stereocenters. The van der Waals surface area contributed by atoms with Crippen LogP contribution in [0.3, 0.4) is 0 Å². The van der Waals surface area contributed by atoms with Crippen molar-refractivity contribution < 1.29 is 4.79 Å². The van der Waals surface area contributed by atoms with Crippen LogP contribution in [-0.2, 0) is 0 Å². The van der Waals surface area contributed by atoms with E-state index in [4.69, 9.17) is 12.2 Å². The number of rotatable bonds is 3. The van der Waals surface area contributed by atoms with Gasteiger partial charge in [0.05, 0.1) is 5.56 Å².